The first-order chi connectivity index (χ1) is 18.4. The largest absolute Gasteiger partial charge is 0.486 e. The number of halogens is 1. The van der Waals surface area contributed by atoms with Crippen molar-refractivity contribution in [3.05, 3.63) is 88.0 Å². The molecule has 8 nitrogen and oxygen atoms in total. The van der Waals surface area contributed by atoms with Gasteiger partial charge in [-0.15, -0.1) is 28.1 Å². The van der Waals surface area contributed by atoms with E-state index in [1.165, 1.54) is 30.2 Å². The number of hydrogen-bond acceptors (Lipinski definition) is 8. The van der Waals surface area contributed by atoms with Crippen LogP contribution in [0.1, 0.15) is 21.1 Å². The average Bonchev–Trinajstić information content (AvgIpc) is 3.46. The van der Waals surface area contributed by atoms with E-state index in [0.717, 1.165) is 20.5 Å². The third-order valence-corrected chi connectivity index (χ3v) is 7.92. The molecule has 0 aliphatic carbocycles. The molecule has 0 unspecified atom stereocenters. The number of thioether (sulfide) groups is 1. The van der Waals surface area contributed by atoms with Gasteiger partial charge in [0.15, 0.2) is 11.0 Å². The molecular formula is C27H25BrN4O4S2. The molecule has 4 rings (SSSR count). The van der Waals surface area contributed by atoms with E-state index in [1.807, 2.05) is 66.1 Å². The first kappa shape index (κ1) is 27.6. The Hall–Kier alpha value is -3.41. The summed E-state index contributed by atoms with van der Waals surface area (Å²) in [5.74, 6) is 0.614. The van der Waals surface area contributed by atoms with Crippen LogP contribution in [-0.4, -0.2) is 39.5 Å². The third kappa shape index (κ3) is 6.53. The Labute approximate surface area is 237 Å². The molecule has 0 radical (unpaired) electrons. The van der Waals surface area contributed by atoms with E-state index in [2.05, 4.69) is 38.0 Å². The first-order valence-corrected chi connectivity index (χ1v) is 14.1. The maximum Gasteiger partial charge on any atom is 0.341 e. The number of aromatic nitrogens is 3. The van der Waals surface area contributed by atoms with Gasteiger partial charge in [-0.25, -0.2) is 4.79 Å². The van der Waals surface area contributed by atoms with Crippen LogP contribution in [0.25, 0.3) is 11.1 Å². The molecule has 0 aliphatic heterocycles. The highest BCUT2D eigenvalue weighted by Gasteiger charge is 2.25. The Morgan fingerprint density at radius 1 is 1.16 bits per heavy atom. The second-order valence-electron chi connectivity index (χ2n) is 7.97. The second-order valence-corrected chi connectivity index (χ2v) is 11.1. The first-order valence-electron chi connectivity index (χ1n) is 11.5. The lowest BCUT2D eigenvalue weighted by Gasteiger charge is -2.10. The van der Waals surface area contributed by atoms with E-state index < -0.39 is 5.97 Å². The van der Waals surface area contributed by atoms with Crippen molar-refractivity contribution in [3.63, 3.8) is 0 Å². The van der Waals surface area contributed by atoms with Crippen LogP contribution in [0.5, 0.6) is 5.75 Å². The molecule has 0 spiro atoms. The lowest BCUT2D eigenvalue weighted by Crippen LogP contribution is -2.16. The number of rotatable bonds is 11. The molecule has 38 heavy (non-hydrogen) atoms. The lowest BCUT2D eigenvalue weighted by molar-refractivity contribution is -0.113. The number of nitrogens with one attached hydrogen (secondary N) is 1. The summed E-state index contributed by atoms with van der Waals surface area (Å²) in [6.07, 6.45) is 1.73. The van der Waals surface area contributed by atoms with Gasteiger partial charge in [0.2, 0.25) is 5.91 Å². The molecule has 4 aromatic rings. The standard InChI is InChI=1S/C27H25BrN4O4S2/c1-4-14-32-21(15-36-20-12-10-19(28)11-13-20)30-31-27(32)37-16-22(33)29-25-24(26(34)35-3)23(17(2)38-25)18-8-6-5-7-9-18/h4-13H,1,14-16H2,2-3H3,(H,29,33). The van der Waals surface area contributed by atoms with E-state index >= 15 is 0 Å². The van der Waals surface area contributed by atoms with Crippen LogP contribution in [0, 0.1) is 6.92 Å². The van der Waals surface area contributed by atoms with Gasteiger partial charge in [-0.2, -0.15) is 0 Å². The van der Waals surface area contributed by atoms with Crippen LogP contribution >= 0.6 is 39.0 Å². The van der Waals surface area contributed by atoms with Gasteiger partial charge in [-0.1, -0.05) is 64.1 Å². The van der Waals surface area contributed by atoms with Crippen LogP contribution < -0.4 is 10.1 Å². The molecule has 1 amide bonds. The number of carbonyl (C=O) groups excluding carboxylic acids is 2. The van der Waals surface area contributed by atoms with Gasteiger partial charge in [0.25, 0.3) is 0 Å². The van der Waals surface area contributed by atoms with Crippen molar-refractivity contribution in [1.29, 1.82) is 0 Å². The molecule has 2 aromatic heterocycles. The van der Waals surface area contributed by atoms with Crippen LogP contribution in [0.4, 0.5) is 5.00 Å². The van der Waals surface area contributed by atoms with E-state index in [9.17, 15) is 9.59 Å². The third-order valence-electron chi connectivity index (χ3n) is 5.41. The highest BCUT2D eigenvalue weighted by molar-refractivity contribution is 9.10. The highest BCUT2D eigenvalue weighted by Crippen LogP contribution is 2.40. The predicted molar refractivity (Wildman–Crippen MR) is 154 cm³/mol. The van der Waals surface area contributed by atoms with Crippen molar-refractivity contribution < 1.29 is 19.1 Å². The minimum absolute atomic E-state index is 0.0705. The molecule has 0 atom stereocenters. The van der Waals surface area contributed by atoms with Gasteiger partial charge in [0.1, 0.15) is 22.9 Å². The summed E-state index contributed by atoms with van der Waals surface area (Å²) in [6.45, 7) is 6.41. The number of thiophene rings is 1. The second kappa shape index (κ2) is 12.9. The molecule has 0 saturated heterocycles. The number of nitrogens with zero attached hydrogens (tertiary/aromatic N) is 3. The Morgan fingerprint density at radius 2 is 1.89 bits per heavy atom. The molecular weight excluding hydrogens is 588 g/mol. The maximum atomic E-state index is 12.9. The van der Waals surface area contributed by atoms with Crippen molar-refractivity contribution in [3.8, 4) is 16.9 Å². The van der Waals surface area contributed by atoms with Crippen molar-refractivity contribution >= 4 is 55.9 Å². The summed E-state index contributed by atoms with van der Waals surface area (Å²) in [7, 11) is 1.33. The number of carbonyl (C=O) groups is 2. The van der Waals surface area contributed by atoms with Crippen molar-refractivity contribution in [1.82, 2.24) is 14.8 Å². The Bertz CT molecular complexity index is 1440. The number of methoxy groups -OCH3 is 1. The predicted octanol–water partition coefficient (Wildman–Crippen LogP) is 6.36. The van der Waals surface area contributed by atoms with Crippen LogP contribution in [-0.2, 0) is 22.7 Å². The van der Waals surface area contributed by atoms with Gasteiger partial charge in [-0.3, -0.25) is 9.36 Å². The minimum Gasteiger partial charge on any atom is -0.486 e. The fourth-order valence-electron chi connectivity index (χ4n) is 3.70. The van der Waals surface area contributed by atoms with E-state index in [4.69, 9.17) is 9.47 Å². The summed E-state index contributed by atoms with van der Waals surface area (Å²) >= 11 is 5.99. The van der Waals surface area contributed by atoms with Gasteiger partial charge in [0, 0.05) is 21.5 Å². The fourth-order valence-corrected chi connectivity index (χ4v) is 5.81. The number of allylic oxidation sites excluding steroid dienone is 1. The number of anilines is 1. The van der Waals surface area contributed by atoms with Gasteiger partial charge in [0.05, 0.1) is 12.9 Å². The maximum absolute atomic E-state index is 12.9. The van der Waals surface area contributed by atoms with E-state index in [0.29, 0.717) is 33.8 Å². The Morgan fingerprint density at radius 3 is 2.58 bits per heavy atom. The lowest BCUT2D eigenvalue weighted by atomic mass is 10.0. The zero-order chi connectivity index (χ0) is 27.1. The Kier molecular flexibility index (Phi) is 9.38. The Balaban J connectivity index is 1.46. The number of amides is 1. The van der Waals surface area contributed by atoms with Crippen molar-refractivity contribution in [2.24, 2.45) is 0 Å². The minimum atomic E-state index is -0.503. The SMILES string of the molecule is C=CCn1c(COc2ccc(Br)cc2)nnc1SCC(=O)Nc1sc(C)c(-c2ccccc2)c1C(=O)OC. The van der Waals surface area contributed by atoms with Gasteiger partial charge < -0.3 is 14.8 Å². The van der Waals surface area contributed by atoms with Crippen LogP contribution in [0.15, 0.2) is 76.9 Å². The summed E-state index contributed by atoms with van der Waals surface area (Å²) in [6, 6.07) is 17.1. The zero-order valence-corrected chi connectivity index (χ0v) is 24.0. The number of ether oxygens (including phenoxy) is 2. The number of benzene rings is 2. The highest BCUT2D eigenvalue weighted by atomic mass is 79.9. The number of esters is 1. The summed E-state index contributed by atoms with van der Waals surface area (Å²) in [5, 5.41) is 12.4. The fraction of sp³-hybridized carbons (Fsp3) is 0.185. The summed E-state index contributed by atoms with van der Waals surface area (Å²) in [5.41, 5.74) is 1.99. The topological polar surface area (TPSA) is 95.3 Å². The number of aryl methyl sites for hydroxylation is 1. The molecule has 196 valence electrons. The molecule has 2 heterocycles. The molecule has 1 N–H and O–H groups in total. The van der Waals surface area contributed by atoms with Crippen LogP contribution in [0.2, 0.25) is 0 Å². The smallest absolute Gasteiger partial charge is 0.341 e. The van der Waals surface area contributed by atoms with Crippen molar-refractivity contribution in [2.75, 3.05) is 18.2 Å². The molecule has 0 bridgehead atoms. The average molecular weight is 614 g/mol. The molecule has 0 saturated carbocycles. The molecule has 0 aliphatic rings. The zero-order valence-electron chi connectivity index (χ0n) is 20.8. The molecule has 11 heteroatoms. The van der Waals surface area contributed by atoms with E-state index in [1.54, 1.807) is 6.08 Å². The molecule has 0 fully saturated rings. The van der Waals surface area contributed by atoms with Gasteiger partial charge in [-0.05, 0) is 36.8 Å². The van der Waals surface area contributed by atoms with Crippen molar-refractivity contribution in [2.45, 2.75) is 25.2 Å². The van der Waals surface area contributed by atoms with E-state index in [-0.39, 0.29) is 18.3 Å². The normalized spacial score (nSPS) is 10.7. The summed E-state index contributed by atoms with van der Waals surface area (Å²) in [4.78, 5) is 26.5. The number of hydrogen-bond donors (Lipinski definition) is 1. The van der Waals surface area contributed by atoms with Crippen LogP contribution in [0.3, 0.4) is 0 Å². The summed E-state index contributed by atoms with van der Waals surface area (Å²) < 4.78 is 13.7. The monoisotopic (exact) mass is 612 g/mol. The molecule has 2 aromatic carbocycles. The quantitative estimate of drug-likeness (QED) is 0.120. The van der Waals surface area contributed by atoms with Gasteiger partial charge >= 0.3 is 5.97 Å².